The molecule has 0 spiro atoms. The van der Waals surface area contributed by atoms with Gasteiger partial charge in [0.2, 0.25) is 0 Å². The molecule has 0 saturated heterocycles. The van der Waals surface area contributed by atoms with Crippen molar-refractivity contribution in [1.29, 1.82) is 0 Å². The molecule has 0 radical (unpaired) electrons. The van der Waals surface area contributed by atoms with Crippen molar-refractivity contribution in [2.45, 2.75) is 71.6 Å². The van der Waals surface area contributed by atoms with Crippen LogP contribution in [-0.4, -0.2) is 53.5 Å². The number of aldehydes is 1. The number of hydrogen-bond donors (Lipinski definition) is 2. The number of benzene rings is 2. The van der Waals surface area contributed by atoms with Gasteiger partial charge in [0.1, 0.15) is 23.7 Å². The van der Waals surface area contributed by atoms with E-state index in [-0.39, 0.29) is 11.9 Å². The number of alkyl halides is 2. The van der Waals surface area contributed by atoms with Crippen LogP contribution in [0.1, 0.15) is 45.2 Å². The highest BCUT2D eigenvalue weighted by Gasteiger charge is 2.23. The van der Waals surface area contributed by atoms with Gasteiger partial charge in [-0.3, -0.25) is 9.89 Å². The first-order valence-electron chi connectivity index (χ1n) is 12.3. The second kappa shape index (κ2) is 14.4. The molecule has 0 amide bonds. The highest BCUT2D eigenvalue weighted by atomic mass is 19.3. The molecule has 0 heterocycles. The van der Waals surface area contributed by atoms with Gasteiger partial charge in [0, 0.05) is 26.2 Å². The number of nitrogens with zero attached hydrogens (tertiary/aromatic N) is 2. The Labute approximate surface area is 217 Å². The normalized spacial score (nSPS) is 15.0. The predicted octanol–water partition coefficient (Wildman–Crippen LogP) is 4.72. The van der Waals surface area contributed by atoms with Crippen LogP contribution in [-0.2, 0) is 17.8 Å². The van der Waals surface area contributed by atoms with Crippen molar-refractivity contribution >= 4 is 12.5 Å². The third kappa shape index (κ3) is 10.7. The van der Waals surface area contributed by atoms with Crippen LogP contribution in [0.5, 0.6) is 11.5 Å². The van der Waals surface area contributed by atoms with Crippen LogP contribution < -0.4 is 15.2 Å². The topological polar surface area (TPSA) is 97.4 Å². The Balaban J connectivity index is 2.11. The Morgan fingerprint density at radius 1 is 1.11 bits per heavy atom. The summed E-state index contributed by atoms with van der Waals surface area (Å²) in [6.07, 6.45) is 0.0355. The van der Waals surface area contributed by atoms with E-state index in [1.807, 2.05) is 26.0 Å². The number of aliphatic hydroxyl groups is 1. The van der Waals surface area contributed by atoms with Crippen LogP contribution >= 0.6 is 0 Å². The van der Waals surface area contributed by atoms with Crippen molar-refractivity contribution in [1.82, 2.24) is 4.90 Å². The van der Waals surface area contributed by atoms with E-state index in [2.05, 4.69) is 14.6 Å². The van der Waals surface area contributed by atoms with Gasteiger partial charge in [-0.25, -0.2) is 0 Å². The summed E-state index contributed by atoms with van der Waals surface area (Å²) in [4.78, 5) is 17.6. The third-order valence-electron chi connectivity index (χ3n) is 5.77. The second-order valence-corrected chi connectivity index (χ2v) is 8.87. The largest absolute Gasteiger partial charge is 0.488 e. The molecule has 2 aromatic rings. The van der Waals surface area contributed by atoms with Gasteiger partial charge in [-0.2, -0.15) is 8.78 Å². The summed E-state index contributed by atoms with van der Waals surface area (Å²) in [7, 11) is 0. The molecule has 0 aliphatic rings. The van der Waals surface area contributed by atoms with E-state index in [0.717, 1.165) is 29.5 Å². The van der Waals surface area contributed by atoms with Crippen molar-refractivity contribution in [2.75, 3.05) is 6.54 Å². The lowest BCUT2D eigenvalue weighted by Gasteiger charge is -2.27. The first kappa shape index (κ1) is 29.9. The van der Waals surface area contributed by atoms with Gasteiger partial charge >= 0.3 is 6.11 Å². The molecule has 3 unspecified atom stereocenters. The molecule has 3 N–H and O–H groups in total. The smallest absolute Gasteiger partial charge is 0.394 e. The van der Waals surface area contributed by atoms with E-state index < -0.39 is 18.3 Å². The van der Waals surface area contributed by atoms with E-state index in [1.165, 1.54) is 12.1 Å². The Morgan fingerprint density at radius 2 is 1.70 bits per heavy atom. The number of allylic oxidation sites excluding steroid dienone is 1. The van der Waals surface area contributed by atoms with Crippen LogP contribution in [0.4, 0.5) is 8.78 Å². The van der Waals surface area contributed by atoms with Crippen molar-refractivity contribution in [3.63, 3.8) is 0 Å². The van der Waals surface area contributed by atoms with Gasteiger partial charge in [-0.05, 0) is 73.9 Å². The van der Waals surface area contributed by atoms with E-state index in [4.69, 9.17) is 10.5 Å². The van der Waals surface area contributed by atoms with E-state index in [1.54, 1.807) is 43.6 Å². The minimum atomic E-state index is -3.24. The molecular weight excluding hydrogens is 480 g/mol. The molecule has 2 aromatic carbocycles. The van der Waals surface area contributed by atoms with Crippen LogP contribution in [0.25, 0.3) is 0 Å². The van der Waals surface area contributed by atoms with Gasteiger partial charge in [0.25, 0.3) is 0 Å². The summed E-state index contributed by atoms with van der Waals surface area (Å²) >= 11 is 0. The number of nitrogens with two attached hydrogens (primary N) is 1. The van der Waals surface area contributed by atoms with Gasteiger partial charge in [-0.1, -0.05) is 31.2 Å². The summed E-state index contributed by atoms with van der Waals surface area (Å²) in [6.45, 7) is 7.56. The molecule has 2 rings (SSSR count). The van der Waals surface area contributed by atoms with Crippen molar-refractivity contribution in [3.8, 4) is 11.5 Å². The quantitative estimate of drug-likeness (QED) is 0.262. The maximum absolute atomic E-state index is 13.1. The van der Waals surface area contributed by atoms with Gasteiger partial charge < -0.3 is 25.1 Å². The maximum Gasteiger partial charge on any atom is 0.394 e. The fourth-order valence-electron chi connectivity index (χ4n) is 3.45. The summed E-state index contributed by atoms with van der Waals surface area (Å²) in [5.41, 5.74) is 8.59. The van der Waals surface area contributed by atoms with Crippen LogP contribution in [0.3, 0.4) is 0 Å². The number of carbonyl (C=O) groups excluding carboxylic acids is 1. The standard InChI is InChI=1S/C28H37F2N3O4/c1-5-22(16-31)17-32-21(3)33(18-24-8-12-26(13-9-24)37-28(4,29)30)15-14-23-6-10-25(11-7-23)36-20(2)27(35)19-34/h6-13,16-17,19-21,27,35H,5,14-15,18,31H2,1-4H3/b22-16-,32-17?. The Hall–Kier alpha value is -3.30. The molecule has 0 aliphatic carbocycles. The monoisotopic (exact) mass is 517 g/mol. The summed E-state index contributed by atoms with van der Waals surface area (Å²) < 4.78 is 36.5. The molecule has 0 bridgehead atoms. The highest BCUT2D eigenvalue weighted by Crippen LogP contribution is 2.22. The van der Waals surface area contributed by atoms with Crippen molar-refractivity contribution in [2.24, 2.45) is 10.7 Å². The average Bonchev–Trinajstić information content (AvgIpc) is 2.87. The Bertz CT molecular complexity index is 1020. The predicted molar refractivity (Wildman–Crippen MR) is 141 cm³/mol. The minimum Gasteiger partial charge on any atom is -0.488 e. The van der Waals surface area contributed by atoms with Crippen molar-refractivity contribution < 1.29 is 28.2 Å². The lowest BCUT2D eigenvalue weighted by atomic mass is 10.1. The Morgan fingerprint density at radius 3 is 2.24 bits per heavy atom. The highest BCUT2D eigenvalue weighted by molar-refractivity contribution is 5.78. The number of aliphatic hydroxyl groups excluding tert-OH is 1. The summed E-state index contributed by atoms with van der Waals surface area (Å²) in [6, 6.07) is 14.1. The lowest BCUT2D eigenvalue weighted by Crippen LogP contribution is -2.33. The number of halogens is 2. The van der Waals surface area contributed by atoms with E-state index in [0.29, 0.717) is 32.0 Å². The number of hydrogen-bond acceptors (Lipinski definition) is 7. The molecule has 37 heavy (non-hydrogen) atoms. The third-order valence-corrected chi connectivity index (χ3v) is 5.77. The maximum atomic E-state index is 13.1. The SMILES string of the molecule is CC/C(C=NC(C)N(CCc1ccc(OC(C)C(O)C=O)cc1)Cc1ccc(OC(C)(F)F)cc1)=C/N. The number of carbonyl (C=O) groups is 1. The Kier molecular flexibility index (Phi) is 11.7. The first-order chi connectivity index (χ1) is 17.5. The molecule has 0 fully saturated rings. The average molecular weight is 518 g/mol. The fraction of sp³-hybridized carbons (Fsp3) is 0.429. The molecule has 0 aliphatic heterocycles. The molecular formula is C28H37F2N3O4. The molecule has 0 saturated carbocycles. The van der Waals surface area contributed by atoms with Crippen LogP contribution in [0.15, 0.2) is 65.3 Å². The van der Waals surface area contributed by atoms with E-state index in [9.17, 15) is 18.7 Å². The number of ether oxygens (including phenoxy) is 2. The molecule has 7 nitrogen and oxygen atoms in total. The zero-order valence-electron chi connectivity index (χ0n) is 21.8. The lowest BCUT2D eigenvalue weighted by molar-refractivity contribution is -0.158. The second-order valence-electron chi connectivity index (χ2n) is 8.87. The summed E-state index contributed by atoms with van der Waals surface area (Å²) in [5.74, 6) is 0.666. The zero-order chi connectivity index (χ0) is 27.4. The van der Waals surface area contributed by atoms with Crippen LogP contribution in [0, 0.1) is 0 Å². The number of rotatable bonds is 15. The van der Waals surface area contributed by atoms with Gasteiger partial charge in [-0.15, -0.1) is 0 Å². The number of aliphatic imine (C=N–C) groups is 1. The molecule has 9 heteroatoms. The van der Waals surface area contributed by atoms with Crippen LogP contribution in [0.2, 0.25) is 0 Å². The van der Waals surface area contributed by atoms with Gasteiger partial charge in [0.15, 0.2) is 6.29 Å². The van der Waals surface area contributed by atoms with Gasteiger partial charge in [0.05, 0.1) is 6.17 Å². The van der Waals surface area contributed by atoms with Crippen molar-refractivity contribution in [3.05, 3.63) is 71.4 Å². The molecule has 3 atom stereocenters. The zero-order valence-corrected chi connectivity index (χ0v) is 21.8. The van der Waals surface area contributed by atoms with E-state index >= 15 is 0 Å². The fourth-order valence-corrected chi connectivity index (χ4v) is 3.45. The molecule has 202 valence electrons. The minimum absolute atomic E-state index is 0.104. The summed E-state index contributed by atoms with van der Waals surface area (Å²) in [5, 5.41) is 9.57. The molecule has 0 aromatic heterocycles. The first-order valence-corrected chi connectivity index (χ1v) is 12.3.